The van der Waals surface area contributed by atoms with Crippen molar-refractivity contribution in [3.05, 3.63) is 34.9 Å². The molecule has 1 fully saturated rings. The molecule has 6 heteroatoms. The van der Waals surface area contributed by atoms with Crippen LogP contribution in [-0.2, 0) is 4.84 Å². The fourth-order valence-electron chi connectivity index (χ4n) is 1.99. The van der Waals surface area contributed by atoms with E-state index in [1.807, 2.05) is 18.2 Å². The van der Waals surface area contributed by atoms with Crippen LogP contribution in [0.4, 0.5) is 13.2 Å². The standard InChI is InChI=1S/C12H13ClF3NO/c13-10-3-1-2-8(4-10)9-5-11(6-9)17-18-7-12(14,15)16/h1-4,9,11,17H,5-7H2. The number of nitrogens with one attached hydrogen (secondary N) is 1. The molecular formula is C12H13ClF3NO. The van der Waals surface area contributed by atoms with E-state index in [2.05, 4.69) is 10.3 Å². The molecule has 0 bridgehead atoms. The Hall–Kier alpha value is -0.780. The lowest BCUT2D eigenvalue weighted by atomic mass is 9.76. The second-order valence-electron chi connectivity index (χ2n) is 4.44. The summed E-state index contributed by atoms with van der Waals surface area (Å²) in [6, 6.07) is 7.52. The zero-order valence-corrected chi connectivity index (χ0v) is 10.3. The number of hydrogen-bond acceptors (Lipinski definition) is 2. The average Bonchev–Trinajstić information content (AvgIpc) is 2.19. The monoisotopic (exact) mass is 279 g/mol. The van der Waals surface area contributed by atoms with Crippen LogP contribution < -0.4 is 5.48 Å². The fourth-order valence-corrected chi connectivity index (χ4v) is 2.19. The number of rotatable bonds is 4. The molecule has 0 radical (unpaired) electrons. The van der Waals surface area contributed by atoms with Gasteiger partial charge in [0, 0.05) is 11.1 Å². The van der Waals surface area contributed by atoms with Crippen molar-refractivity contribution < 1.29 is 18.0 Å². The lowest BCUT2D eigenvalue weighted by Gasteiger charge is -2.35. The van der Waals surface area contributed by atoms with Gasteiger partial charge in [-0.1, -0.05) is 23.7 Å². The zero-order valence-electron chi connectivity index (χ0n) is 9.51. The molecule has 1 aliphatic carbocycles. The predicted octanol–water partition coefficient (Wildman–Crippen LogP) is 3.67. The van der Waals surface area contributed by atoms with Gasteiger partial charge < -0.3 is 0 Å². The molecule has 1 saturated carbocycles. The summed E-state index contributed by atoms with van der Waals surface area (Å²) in [5.74, 6) is 0.343. The fraction of sp³-hybridized carbons (Fsp3) is 0.500. The van der Waals surface area contributed by atoms with Crippen molar-refractivity contribution in [1.29, 1.82) is 0 Å². The summed E-state index contributed by atoms with van der Waals surface area (Å²) in [6.45, 7) is -1.26. The Kier molecular flexibility index (Phi) is 4.14. The van der Waals surface area contributed by atoms with E-state index in [1.165, 1.54) is 0 Å². The highest BCUT2D eigenvalue weighted by atomic mass is 35.5. The molecule has 1 aromatic carbocycles. The first kappa shape index (κ1) is 13.6. The van der Waals surface area contributed by atoms with Gasteiger partial charge in [0.1, 0.15) is 0 Å². The van der Waals surface area contributed by atoms with Gasteiger partial charge in [0.15, 0.2) is 6.61 Å². The number of halogens is 4. The van der Waals surface area contributed by atoms with E-state index >= 15 is 0 Å². The van der Waals surface area contributed by atoms with Crippen LogP contribution in [0.25, 0.3) is 0 Å². The van der Waals surface area contributed by atoms with Gasteiger partial charge in [0.25, 0.3) is 0 Å². The van der Waals surface area contributed by atoms with E-state index in [0.29, 0.717) is 10.9 Å². The third kappa shape index (κ3) is 3.86. The Balaban J connectivity index is 1.71. The van der Waals surface area contributed by atoms with Crippen LogP contribution in [0, 0.1) is 0 Å². The van der Waals surface area contributed by atoms with E-state index < -0.39 is 12.8 Å². The summed E-state index contributed by atoms with van der Waals surface area (Å²) in [5.41, 5.74) is 3.56. The van der Waals surface area contributed by atoms with Gasteiger partial charge >= 0.3 is 6.18 Å². The van der Waals surface area contributed by atoms with E-state index in [-0.39, 0.29) is 6.04 Å². The van der Waals surface area contributed by atoms with E-state index in [1.54, 1.807) is 6.07 Å². The van der Waals surface area contributed by atoms with Gasteiger partial charge in [-0.05, 0) is 36.5 Å². The van der Waals surface area contributed by atoms with E-state index in [4.69, 9.17) is 11.6 Å². The highest BCUT2D eigenvalue weighted by Crippen LogP contribution is 2.37. The molecule has 0 amide bonds. The van der Waals surface area contributed by atoms with Crippen LogP contribution in [-0.4, -0.2) is 18.8 Å². The maximum Gasteiger partial charge on any atom is 0.413 e. The van der Waals surface area contributed by atoms with E-state index in [0.717, 1.165) is 18.4 Å². The Morgan fingerprint density at radius 1 is 1.33 bits per heavy atom. The van der Waals surface area contributed by atoms with Crippen LogP contribution in [0.5, 0.6) is 0 Å². The molecule has 100 valence electrons. The SMILES string of the molecule is FC(F)(F)CONC1CC(c2cccc(Cl)c2)C1. The summed E-state index contributed by atoms with van der Waals surface area (Å²) in [6.07, 6.45) is -2.76. The van der Waals surface area contributed by atoms with Gasteiger partial charge in [-0.25, -0.2) is 0 Å². The third-order valence-electron chi connectivity index (χ3n) is 2.94. The summed E-state index contributed by atoms with van der Waals surface area (Å²) < 4.78 is 35.5. The molecule has 0 saturated heterocycles. The van der Waals surface area contributed by atoms with Crippen LogP contribution in [0.1, 0.15) is 24.3 Å². The Morgan fingerprint density at radius 2 is 2.06 bits per heavy atom. The number of hydroxylamine groups is 1. The summed E-state index contributed by atoms with van der Waals surface area (Å²) in [5, 5.41) is 0.678. The summed E-state index contributed by atoms with van der Waals surface area (Å²) in [4.78, 5) is 4.41. The molecule has 0 spiro atoms. The maximum atomic E-state index is 11.8. The highest BCUT2D eigenvalue weighted by Gasteiger charge is 2.32. The van der Waals surface area contributed by atoms with Gasteiger partial charge in [-0.3, -0.25) is 4.84 Å². The molecule has 1 aliphatic rings. The van der Waals surface area contributed by atoms with Crippen LogP contribution >= 0.6 is 11.6 Å². The zero-order chi connectivity index (χ0) is 13.2. The first-order valence-electron chi connectivity index (χ1n) is 5.63. The lowest BCUT2D eigenvalue weighted by molar-refractivity contribution is -0.195. The minimum absolute atomic E-state index is 0.0173. The van der Waals surface area contributed by atoms with Crippen LogP contribution in [0.2, 0.25) is 5.02 Å². The quantitative estimate of drug-likeness (QED) is 0.849. The highest BCUT2D eigenvalue weighted by molar-refractivity contribution is 6.30. The smallest absolute Gasteiger partial charge is 0.292 e. The van der Waals surface area contributed by atoms with Crippen molar-refractivity contribution in [2.24, 2.45) is 0 Å². The molecular weight excluding hydrogens is 267 g/mol. The molecule has 2 rings (SSSR count). The Labute approximate surface area is 108 Å². The second kappa shape index (κ2) is 5.47. The minimum atomic E-state index is -4.29. The first-order chi connectivity index (χ1) is 8.44. The molecule has 0 unspecified atom stereocenters. The lowest BCUT2D eigenvalue weighted by Crippen LogP contribution is -2.41. The molecule has 0 aromatic heterocycles. The van der Waals surface area contributed by atoms with E-state index in [9.17, 15) is 13.2 Å². The van der Waals surface area contributed by atoms with Crippen LogP contribution in [0.15, 0.2) is 24.3 Å². The van der Waals surface area contributed by atoms with Gasteiger partial charge in [-0.15, -0.1) is 0 Å². The second-order valence-corrected chi connectivity index (χ2v) is 4.88. The molecule has 18 heavy (non-hydrogen) atoms. The third-order valence-corrected chi connectivity index (χ3v) is 3.18. The van der Waals surface area contributed by atoms with Gasteiger partial charge in [-0.2, -0.15) is 18.7 Å². The van der Waals surface area contributed by atoms with Crippen LogP contribution in [0.3, 0.4) is 0 Å². The topological polar surface area (TPSA) is 21.3 Å². The minimum Gasteiger partial charge on any atom is -0.292 e. The molecule has 2 nitrogen and oxygen atoms in total. The normalized spacial score (nSPS) is 23.8. The number of alkyl halides is 3. The Bertz CT molecular complexity index is 405. The van der Waals surface area contributed by atoms with Gasteiger partial charge in [0.05, 0.1) is 0 Å². The van der Waals surface area contributed by atoms with Crippen molar-refractivity contribution in [3.8, 4) is 0 Å². The van der Waals surface area contributed by atoms with Crippen molar-refractivity contribution >= 4 is 11.6 Å². The van der Waals surface area contributed by atoms with Gasteiger partial charge in [0.2, 0.25) is 0 Å². The molecule has 1 aromatic rings. The van der Waals surface area contributed by atoms with Crippen molar-refractivity contribution in [2.75, 3.05) is 6.61 Å². The number of benzene rings is 1. The molecule has 0 atom stereocenters. The molecule has 0 aliphatic heterocycles. The summed E-state index contributed by atoms with van der Waals surface area (Å²) >= 11 is 5.87. The number of hydrogen-bond donors (Lipinski definition) is 1. The average molecular weight is 280 g/mol. The summed E-state index contributed by atoms with van der Waals surface area (Å²) in [7, 11) is 0. The largest absolute Gasteiger partial charge is 0.413 e. The van der Waals surface area contributed by atoms with Crippen molar-refractivity contribution in [2.45, 2.75) is 31.0 Å². The first-order valence-corrected chi connectivity index (χ1v) is 6.01. The molecule has 1 N–H and O–H groups in total. The van der Waals surface area contributed by atoms with Crippen molar-refractivity contribution in [3.63, 3.8) is 0 Å². The molecule has 0 heterocycles. The Morgan fingerprint density at radius 3 is 2.67 bits per heavy atom. The maximum absolute atomic E-state index is 11.8. The predicted molar refractivity (Wildman–Crippen MR) is 62.4 cm³/mol. The van der Waals surface area contributed by atoms with Crippen molar-refractivity contribution in [1.82, 2.24) is 5.48 Å².